The first-order chi connectivity index (χ1) is 15.7. The molecule has 0 bridgehead atoms. The van der Waals surface area contributed by atoms with Crippen molar-refractivity contribution in [3.63, 3.8) is 0 Å². The summed E-state index contributed by atoms with van der Waals surface area (Å²) in [5.41, 5.74) is 2.64. The summed E-state index contributed by atoms with van der Waals surface area (Å²) < 4.78 is 0. The van der Waals surface area contributed by atoms with E-state index in [2.05, 4.69) is 37.5 Å². The van der Waals surface area contributed by atoms with Crippen LogP contribution in [0.2, 0.25) is 5.02 Å². The lowest BCUT2D eigenvalue weighted by Crippen LogP contribution is -2.46. The predicted octanol–water partition coefficient (Wildman–Crippen LogP) is 4.56. The largest absolute Gasteiger partial charge is 0.368 e. The van der Waals surface area contributed by atoms with Gasteiger partial charge in [-0.15, -0.1) is 10.2 Å². The first-order valence-corrected chi connectivity index (χ1v) is 12.7. The van der Waals surface area contributed by atoms with Crippen LogP contribution >= 0.6 is 23.4 Å². The van der Waals surface area contributed by atoms with Crippen molar-refractivity contribution in [2.24, 2.45) is 0 Å². The molecule has 0 atom stereocenters. The number of hydrogen-bond donors (Lipinski definition) is 1. The second-order valence-electron chi connectivity index (χ2n) is 8.18. The number of nitrogens with one attached hydrogen (secondary N) is 1. The van der Waals surface area contributed by atoms with Gasteiger partial charge in [-0.2, -0.15) is 0 Å². The number of carbonyl (C=O) groups excluding carboxylic acids is 1. The highest BCUT2D eigenvalue weighted by atomic mass is 35.5. The highest BCUT2D eigenvalue weighted by Crippen LogP contribution is 2.23. The molecule has 1 amide bonds. The summed E-state index contributed by atoms with van der Waals surface area (Å²) in [6.07, 6.45) is 8.25. The number of benzene rings is 1. The van der Waals surface area contributed by atoms with E-state index in [1.165, 1.54) is 43.0 Å². The third-order valence-electron chi connectivity index (χ3n) is 5.91. The minimum atomic E-state index is 0.0504. The van der Waals surface area contributed by atoms with E-state index < -0.39 is 0 Å². The number of hydrogen-bond acceptors (Lipinski definition) is 6. The molecule has 0 saturated carbocycles. The van der Waals surface area contributed by atoms with Crippen molar-refractivity contribution in [2.45, 2.75) is 37.1 Å². The van der Waals surface area contributed by atoms with Crippen molar-refractivity contribution < 1.29 is 4.79 Å². The molecular formula is C24H30ClN5OS. The Morgan fingerprint density at radius 2 is 1.91 bits per heavy atom. The van der Waals surface area contributed by atoms with E-state index >= 15 is 0 Å². The number of anilines is 2. The summed E-state index contributed by atoms with van der Waals surface area (Å²) >= 11 is 7.55. The van der Waals surface area contributed by atoms with Gasteiger partial charge in [-0.3, -0.25) is 4.79 Å². The molecule has 32 heavy (non-hydrogen) atoms. The van der Waals surface area contributed by atoms with E-state index in [1.807, 2.05) is 30.3 Å². The number of amides is 1. The fraction of sp³-hybridized carbons (Fsp3) is 0.458. The van der Waals surface area contributed by atoms with Gasteiger partial charge in [0.15, 0.2) is 5.82 Å². The minimum absolute atomic E-state index is 0.0504. The van der Waals surface area contributed by atoms with Crippen LogP contribution in [0.3, 0.4) is 0 Å². The molecule has 1 aromatic carbocycles. The quantitative estimate of drug-likeness (QED) is 0.450. The average Bonchev–Trinajstić information content (AvgIpc) is 2.84. The molecule has 1 fully saturated rings. The Bertz CT molecular complexity index is 928. The van der Waals surface area contributed by atoms with Gasteiger partial charge >= 0.3 is 0 Å². The summed E-state index contributed by atoms with van der Waals surface area (Å²) in [6.45, 7) is 4.31. The van der Waals surface area contributed by atoms with E-state index in [1.54, 1.807) is 0 Å². The van der Waals surface area contributed by atoms with Gasteiger partial charge in [0.25, 0.3) is 0 Å². The number of carbonyl (C=O) groups is 1. The first-order valence-electron chi connectivity index (χ1n) is 11.3. The van der Waals surface area contributed by atoms with E-state index in [9.17, 15) is 4.79 Å². The lowest BCUT2D eigenvalue weighted by Gasteiger charge is -2.36. The number of thioether (sulfide) groups is 1. The predicted molar refractivity (Wildman–Crippen MR) is 133 cm³/mol. The molecule has 2 aromatic rings. The van der Waals surface area contributed by atoms with Gasteiger partial charge in [-0.1, -0.05) is 41.1 Å². The van der Waals surface area contributed by atoms with Crippen LogP contribution in [-0.2, 0) is 4.79 Å². The maximum Gasteiger partial charge on any atom is 0.230 e. The molecule has 2 heterocycles. The number of piperazine rings is 1. The smallest absolute Gasteiger partial charge is 0.230 e. The molecule has 0 spiro atoms. The van der Waals surface area contributed by atoms with E-state index in [4.69, 9.17) is 11.6 Å². The molecule has 6 nitrogen and oxygen atoms in total. The van der Waals surface area contributed by atoms with Crippen LogP contribution < -0.4 is 15.1 Å². The van der Waals surface area contributed by atoms with Crippen molar-refractivity contribution in [1.82, 2.24) is 15.5 Å². The lowest BCUT2D eigenvalue weighted by atomic mass is 9.97. The normalized spacial score (nSPS) is 16.6. The molecule has 1 N–H and O–H groups in total. The summed E-state index contributed by atoms with van der Waals surface area (Å²) in [7, 11) is 0. The zero-order valence-corrected chi connectivity index (χ0v) is 19.9. The SMILES string of the molecule is O=C(CSc1ccc(N2CCN(c3cccc(Cl)c3)CC2)nn1)NCCC1=CCCCC1. The van der Waals surface area contributed by atoms with Crippen molar-refractivity contribution >= 4 is 40.8 Å². The van der Waals surface area contributed by atoms with Crippen molar-refractivity contribution in [3.05, 3.63) is 53.1 Å². The molecular weight excluding hydrogens is 442 g/mol. The van der Waals surface area contributed by atoms with Crippen LogP contribution in [0.1, 0.15) is 32.1 Å². The third-order valence-corrected chi connectivity index (χ3v) is 7.06. The van der Waals surface area contributed by atoms with Gasteiger partial charge in [-0.05, 0) is 62.4 Å². The van der Waals surface area contributed by atoms with Crippen molar-refractivity contribution in [1.29, 1.82) is 0 Å². The topological polar surface area (TPSA) is 61.4 Å². The minimum Gasteiger partial charge on any atom is -0.368 e. The molecule has 0 radical (unpaired) electrons. The van der Waals surface area contributed by atoms with E-state index in [-0.39, 0.29) is 5.91 Å². The van der Waals surface area contributed by atoms with Gasteiger partial charge in [0.05, 0.1) is 5.75 Å². The summed E-state index contributed by atoms with van der Waals surface area (Å²) in [4.78, 5) is 16.7. The van der Waals surface area contributed by atoms with E-state index in [0.717, 1.165) is 60.7 Å². The van der Waals surface area contributed by atoms with Gasteiger partial charge in [0, 0.05) is 43.4 Å². The molecule has 4 rings (SSSR count). The number of nitrogens with zero attached hydrogens (tertiary/aromatic N) is 4. The highest BCUT2D eigenvalue weighted by molar-refractivity contribution is 7.99. The van der Waals surface area contributed by atoms with Crippen LogP contribution in [0.25, 0.3) is 0 Å². The van der Waals surface area contributed by atoms with Gasteiger partial charge in [0.1, 0.15) is 5.03 Å². The Balaban J connectivity index is 1.18. The monoisotopic (exact) mass is 471 g/mol. The van der Waals surface area contributed by atoms with Crippen LogP contribution in [0.15, 0.2) is 53.1 Å². The number of halogens is 1. The lowest BCUT2D eigenvalue weighted by molar-refractivity contribution is -0.118. The Kier molecular flexibility index (Phi) is 8.29. The summed E-state index contributed by atoms with van der Waals surface area (Å²) in [5.74, 6) is 1.30. The van der Waals surface area contributed by atoms with E-state index in [0.29, 0.717) is 5.75 Å². The van der Waals surface area contributed by atoms with Crippen LogP contribution in [0.5, 0.6) is 0 Å². The van der Waals surface area contributed by atoms with Crippen molar-refractivity contribution in [3.8, 4) is 0 Å². The van der Waals surface area contributed by atoms with Crippen LogP contribution in [-0.4, -0.2) is 54.6 Å². The molecule has 170 valence electrons. The standard InChI is InChI=1S/C24H30ClN5OS/c25-20-7-4-8-21(17-20)29-13-15-30(16-14-29)22-9-10-24(28-27-22)32-18-23(31)26-12-11-19-5-2-1-3-6-19/h4-5,7-10,17H,1-3,6,11-16,18H2,(H,26,31). The fourth-order valence-corrected chi connectivity index (χ4v) is 4.94. The Labute approximate surface area is 199 Å². The highest BCUT2D eigenvalue weighted by Gasteiger charge is 2.19. The zero-order chi connectivity index (χ0) is 22.2. The number of rotatable bonds is 8. The van der Waals surface area contributed by atoms with Crippen LogP contribution in [0.4, 0.5) is 11.5 Å². The molecule has 1 aliphatic heterocycles. The molecule has 1 aliphatic carbocycles. The average molecular weight is 472 g/mol. The van der Waals surface area contributed by atoms with Gasteiger partial charge < -0.3 is 15.1 Å². The molecule has 2 aliphatic rings. The second-order valence-corrected chi connectivity index (χ2v) is 9.61. The molecule has 1 saturated heterocycles. The molecule has 0 unspecified atom stereocenters. The summed E-state index contributed by atoms with van der Waals surface area (Å²) in [5, 5.41) is 13.3. The number of aromatic nitrogens is 2. The van der Waals surface area contributed by atoms with Crippen LogP contribution in [0, 0.1) is 0 Å². The number of allylic oxidation sites excluding steroid dienone is 1. The Hall–Kier alpha value is -2.25. The first kappa shape index (κ1) is 22.9. The fourth-order valence-electron chi connectivity index (χ4n) is 4.11. The maximum atomic E-state index is 12.1. The molecule has 1 aromatic heterocycles. The Morgan fingerprint density at radius 3 is 2.62 bits per heavy atom. The molecule has 8 heteroatoms. The Morgan fingerprint density at radius 1 is 1.06 bits per heavy atom. The zero-order valence-electron chi connectivity index (χ0n) is 18.3. The maximum absolute atomic E-state index is 12.1. The summed E-state index contributed by atoms with van der Waals surface area (Å²) in [6, 6.07) is 11.9. The van der Waals surface area contributed by atoms with Crippen molar-refractivity contribution in [2.75, 3.05) is 48.3 Å². The van der Waals surface area contributed by atoms with Gasteiger partial charge in [0.2, 0.25) is 5.91 Å². The third kappa shape index (κ3) is 6.62. The second kappa shape index (κ2) is 11.6. The van der Waals surface area contributed by atoms with Gasteiger partial charge in [-0.25, -0.2) is 0 Å².